The van der Waals surface area contributed by atoms with Crippen LogP contribution in [0.25, 0.3) is 0 Å². The highest BCUT2D eigenvalue weighted by Gasteiger charge is 2.85. The molecule has 2 atom stereocenters. The maximum atomic E-state index is 13.8. The molecule has 0 N–H and O–H groups in total. The van der Waals surface area contributed by atoms with E-state index in [0.29, 0.717) is 6.92 Å². The summed E-state index contributed by atoms with van der Waals surface area (Å²) in [4.78, 5) is 13.9. The van der Waals surface area contributed by atoms with Gasteiger partial charge < -0.3 is 4.84 Å². The summed E-state index contributed by atoms with van der Waals surface area (Å²) in [6.45, 7) is 0.698. The van der Waals surface area contributed by atoms with E-state index in [0.717, 1.165) is 0 Å². The number of halogens is 17. The number of alkyl halides is 17. The number of carbonyl (C=O) groups is 1. The molecule has 0 bridgehead atoms. The van der Waals surface area contributed by atoms with Crippen LogP contribution in [0.5, 0.6) is 0 Å². The zero-order valence-corrected chi connectivity index (χ0v) is 14.6. The lowest BCUT2D eigenvalue weighted by Crippen LogP contribution is -2.68. The highest BCUT2D eigenvalue weighted by atomic mass is 19.4. The van der Waals surface area contributed by atoms with Gasteiger partial charge in [0.1, 0.15) is 0 Å². The molecule has 0 aromatic rings. The third kappa shape index (κ3) is 5.51. The maximum Gasteiger partial charge on any atom is 0.462 e. The van der Waals surface area contributed by atoms with Crippen LogP contribution in [0.15, 0.2) is 5.16 Å². The normalized spacial score (nSPS) is 18.7. The molecule has 0 amide bonds. The van der Waals surface area contributed by atoms with Crippen molar-refractivity contribution >= 4 is 12.2 Å². The fourth-order valence-electron chi connectivity index (χ4n) is 1.30. The third-order valence-corrected chi connectivity index (χ3v) is 2.87. The van der Waals surface area contributed by atoms with E-state index >= 15 is 0 Å². The molecule has 0 aliphatic heterocycles. The fourth-order valence-corrected chi connectivity index (χ4v) is 1.30. The minimum absolute atomic E-state index is 0.185. The van der Waals surface area contributed by atoms with Crippen LogP contribution < -0.4 is 0 Å². The molecule has 0 rings (SSSR count). The predicted molar refractivity (Wildman–Crippen MR) is 63.1 cm³/mol. The monoisotopic (exact) mass is 537 g/mol. The SMILES string of the molecule is CC=NOC(=O)C(F)(OC(F)(F)C(F)(OC(F)(F)C(F)(F)C(F)(F)F)C(F)(F)F)C(F)(F)F. The first-order valence-electron chi connectivity index (χ1n) is 6.96. The van der Waals surface area contributed by atoms with Crippen molar-refractivity contribution in [2.45, 2.75) is 55.3 Å². The van der Waals surface area contributed by atoms with Gasteiger partial charge >= 0.3 is 54.3 Å². The van der Waals surface area contributed by atoms with E-state index in [1.54, 1.807) is 4.74 Å². The van der Waals surface area contributed by atoms with Crippen LogP contribution in [0.3, 0.4) is 0 Å². The van der Waals surface area contributed by atoms with Crippen LogP contribution in [-0.2, 0) is 19.1 Å². The molecule has 0 aromatic heterocycles. The number of rotatable bonds is 8. The largest absolute Gasteiger partial charge is 0.462 e. The summed E-state index contributed by atoms with van der Waals surface area (Å²) in [5.41, 5.74) is 0. The molecular formula is C11H4F17NO4. The average molecular weight is 537 g/mol. The number of hydrogen-bond donors (Lipinski definition) is 0. The second-order valence-electron chi connectivity index (χ2n) is 5.24. The summed E-state index contributed by atoms with van der Waals surface area (Å²) >= 11 is 0. The summed E-state index contributed by atoms with van der Waals surface area (Å²) in [6, 6.07) is 0. The number of oxime groups is 1. The molecular weight excluding hydrogens is 533 g/mol. The number of hydrogen-bond acceptors (Lipinski definition) is 5. The lowest BCUT2D eigenvalue weighted by Gasteiger charge is -2.39. The molecule has 0 aliphatic rings. The molecule has 2 unspecified atom stereocenters. The molecule has 0 saturated heterocycles. The van der Waals surface area contributed by atoms with Crippen LogP contribution in [0.4, 0.5) is 74.6 Å². The molecule has 33 heavy (non-hydrogen) atoms. The summed E-state index contributed by atoms with van der Waals surface area (Å²) < 4.78 is 221. The van der Waals surface area contributed by atoms with Gasteiger partial charge in [-0.1, -0.05) is 5.16 Å². The van der Waals surface area contributed by atoms with E-state index in [-0.39, 0.29) is 6.21 Å². The second kappa shape index (κ2) is 8.58. The molecule has 5 nitrogen and oxygen atoms in total. The van der Waals surface area contributed by atoms with Crippen molar-refractivity contribution in [3.8, 4) is 0 Å². The van der Waals surface area contributed by atoms with E-state index < -0.39 is 54.3 Å². The molecule has 0 fully saturated rings. The van der Waals surface area contributed by atoms with Crippen molar-refractivity contribution < 1.29 is 93.7 Å². The Morgan fingerprint density at radius 3 is 1.36 bits per heavy atom. The van der Waals surface area contributed by atoms with Crippen LogP contribution in [-0.4, -0.2) is 60.6 Å². The molecule has 0 saturated carbocycles. The molecule has 22 heteroatoms. The molecule has 0 heterocycles. The minimum atomic E-state index is -8.07. The van der Waals surface area contributed by atoms with Gasteiger partial charge in [-0.3, -0.25) is 9.47 Å². The average Bonchev–Trinajstić information content (AvgIpc) is 2.55. The van der Waals surface area contributed by atoms with Crippen LogP contribution in [0, 0.1) is 0 Å². The standard InChI is InChI=1S/C11H4F17NO4/c1-2-29-31-3(30)4(12,7(16,17)18)32-11(27,28)6(15,9(22,23)24)33-10(25,26)5(13,14)8(19,20)21/h2H,1H3. The molecule has 0 spiro atoms. The Hall–Kier alpha value is -2.13. The second-order valence-corrected chi connectivity index (χ2v) is 5.24. The summed E-state index contributed by atoms with van der Waals surface area (Å²) in [7, 11) is 0. The Morgan fingerprint density at radius 2 is 1.06 bits per heavy atom. The van der Waals surface area contributed by atoms with Crippen molar-refractivity contribution in [3.63, 3.8) is 0 Å². The Labute approximate surface area is 168 Å². The number of ether oxygens (including phenoxy) is 2. The quantitative estimate of drug-likeness (QED) is 0.180. The van der Waals surface area contributed by atoms with Gasteiger partial charge in [0.2, 0.25) is 0 Å². The topological polar surface area (TPSA) is 57.1 Å². The van der Waals surface area contributed by atoms with E-state index in [1.807, 2.05) is 0 Å². The highest BCUT2D eigenvalue weighted by molar-refractivity contribution is 5.79. The van der Waals surface area contributed by atoms with E-state index in [2.05, 4.69) is 9.99 Å². The predicted octanol–water partition coefficient (Wildman–Crippen LogP) is 5.41. The van der Waals surface area contributed by atoms with Gasteiger partial charge in [0, 0.05) is 6.21 Å². The summed E-state index contributed by atoms with van der Waals surface area (Å²) in [5.74, 6) is -26.7. The van der Waals surface area contributed by atoms with Crippen LogP contribution in [0.1, 0.15) is 6.92 Å². The third-order valence-electron chi connectivity index (χ3n) is 2.87. The summed E-state index contributed by atoms with van der Waals surface area (Å²) in [6.07, 6.45) is -38.5. The van der Waals surface area contributed by atoms with E-state index in [4.69, 9.17) is 0 Å². The molecule has 0 aromatic carbocycles. The van der Waals surface area contributed by atoms with Crippen LogP contribution >= 0.6 is 0 Å². The van der Waals surface area contributed by atoms with Crippen molar-refractivity contribution in [1.82, 2.24) is 0 Å². The Bertz CT molecular complexity index is 741. The first-order chi connectivity index (χ1) is 14.1. The van der Waals surface area contributed by atoms with Crippen molar-refractivity contribution in [2.24, 2.45) is 5.16 Å². The first kappa shape index (κ1) is 30.9. The minimum Gasteiger partial charge on any atom is -0.312 e. The van der Waals surface area contributed by atoms with Gasteiger partial charge in [-0.05, 0) is 6.92 Å². The van der Waals surface area contributed by atoms with E-state index in [9.17, 15) is 79.4 Å². The Kier molecular flexibility index (Phi) is 8.03. The van der Waals surface area contributed by atoms with Crippen molar-refractivity contribution in [1.29, 1.82) is 0 Å². The Balaban J connectivity index is 6.73. The van der Waals surface area contributed by atoms with E-state index in [1.165, 1.54) is 4.74 Å². The molecule has 0 radical (unpaired) electrons. The van der Waals surface area contributed by atoms with Crippen molar-refractivity contribution in [2.75, 3.05) is 0 Å². The Morgan fingerprint density at radius 1 is 0.636 bits per heavy atom. The molecule has 0 aliphatic carbocycles. The lowest BCUT2D eigenvalue weighted by molar-refractivity contribution is -0.548. The van der Waals surface area contributed by atoms with Gasteiger partial charge in [-0.25, -0.2) is 4.79 Å². The zero-order valence-electron chi connectivity index (χ0n) is 14.6. The zero-order chi connectivity index (χ0) is 27.1. The highest BCUT2D eigenvalue weighted by Crippen LogP contribution is 2.56. The lowest BCUT2D eigenvalue weighted by atomic mass is 10.2. The fraction of sp³-hybridized carbons (Fsp3) is 0.818. The van der Waals surface area contributed by atoms with Crippen molar-refractivity contribution in [3.05, 3.63) is 0 Å². The maximum absolute atomic E-state index is 13.8. The number of carbonyl (C=O) groups excluding carboxylic acids is 1. The van der Waals surface area contributed by atoms with Gasteiger partial charge in [-0.15, -0.1) is 0 Å². The first-order valence-corrected chi connectivity index (χ1v) is 6.96. The van der Waals surface area contributed by atoms with Gasteiger partial charge in [0.05, 0.1) is 0 Å². The smallest absolute Gasteiger partial charge is 0.312 e. The molecule has 196 valence electrons. The van der Waals surface area contributed by atoms with Gasteiger partial charge in [0.25, 0.3) is 0 Å². The number of nitrogens with zero attached hydrogens (tertiary/aromatic N) is 1. The summed E-state index contributed by atoms with van der Waals surface area (Å²) in [5, 5.41) is 2.08. The van der Waals surface area contributed by atoms with Gasteiger partial charge in [-0.2, -0.15) is 74.6 Å². The van der Waals surface area contributed by atoms with Crippen LogP contribution in [0.2, 0.25) is 0 Å². The van der Waals surface area contributed by atoms with Gasteiger partial charge in [0.15, 0.2) is 0 Å².